The Labute approximate surface area is 124 Å². The van der Waals surface area contributed by atoms with Crippen molar-refractivity contribution in [2.75, 3.05) is 5.73 Å². The maximum Gasteiger partial charge on any atom is 0.253 e. The molecule has 0 fully saturated rings. The summed E-state index contributed by atoms with van der Waals surface area (Å²) in [6, 6.07) is 11.5. The number of carbonyl (C=O) groups is 1. The Kier molecular flexibility index (Phi) is 3.53. The van der Waals surface area contributed by atoms with Gasteiger partial charge < -0.3 is 11.1 Å². The van der Waals surface area contributed by atoms with E-state index in [0.29, 0.717) is 6.54 Å². The van der Waals surface area contributed by atoms with Gasteiger partial charge in [-0.3, -0.25) is 4.79 Å². The first kappa shape index (κ1) is 13.5. The smallest absolute Gasteiger partial charge is 0.253 e. The lowest BCUT2D eigenvalue weighted by atomic mass is 10.1. The molecule has 0 spiro atoms. The van der Waals surface area contributed by atoms with E-state index in [9.17, 15) is 9.18 Å². The standard InChI is InChI=1S/C15H12FN3OS/c16-9-5-6-10(11(17)7-9)15(20)18-8-14-19-12-3-1-2-4-13(12)21-14/h1-7H,8,17H2,(H,18,20). The Hall–Kier alpha value is -2.47. The minimum absolute atomic E-state index is 0.122. The zero-order chi connectivity index (χ0) is 14.8. The van der Waals surface area contributed by atoms with Gasteiger partial charge in [-0.25, -0.2) is 9.37 Å². The van der Waals surface area contributed by atoms with Crippen molar-refractivity contribution in [3.05, 3.63) is 58.9 Å². The molecule has 6 heteroatoms. The van der Waals surface area contributed by atoms with Crippen LogP contribution in [0.25, 0.3) is 10.2 Å². The summed E-state index contributed by atoms with van der Waals surface area (Å²) in [5.74, 6) is -0.804. The van der Waals surface area contributed by atoms with Crippen LogP contribution in [0.4, 0.5) is 10.1 Å². The lowest BCUT2D eigenvalue weighted by molar-refractivity contribution is 0.0951. The van der Waals surface area contributed by atoms with Crippen LogP contribution in [-0.4, -0.2) is 10.9 Å². The number of amides is 1. The number of nitrogens with two attached hydrogens (primary N) is 1. The maximum atomic E-state index is 13.0. The summed E-state index contributed by atoms with van der Waals surface area (Å²) in [4.78, 5) is 16.5. The third-order valence-electron chi connectivity index (χ3n) is 3.00. The highest BCUT2D eigenvalue weighted by Crippen LogP contribution is 2.21. The number of hydrogen-bond acceptors (Lipinski definition) is 4. The summed E-state index contributed by atoms with van der Waals surface area (Å²) in [6.45, 7) is 0.314. The van der Waals surface area contributed by atoms with Crippen LogP contribution < -0.4 is 11.1 Å². The molecule has 1 heterocycles. The number of para-hydroxylation sites is 1. The number of benzene rings is 2. The van der Waals surface area contributed by atoms with E-state index in [0.717, 1.165) is 21.3 Å². The SMILES string of the molecule is Nc1cc(F)ccc1C(=O)NCc1nc2ccccc2s1. The number of aromatic nitrogens is 1. The molecule has 0 aliphatic carbocycles. The number of anilines is 1. The van der Waals surface area contributed by atoms with Crippen LogP contribution in [-0.2, 0) is 6.54 Å². The van der Waals surface area contributed by atoms with Crippen molar-refractivity contribution < 1.29 is 9.18 Å². The molecule has 1 aromatic heterocycles. The number of carbonyl (C=O) groups excluding carboxylic acids is 1. The van der Waals surface area contributed by atoms with Gasteiger partial charge in [0.1, 0.15) is 10.8 Å². The average molecular weight is 301 g/mol. The quantitative estimate of drug-likeness (QED) is 0.731. The minimum atomic E-state index is -0.463. The molecule has 0 radical (unpaired) electrons. The van der Waals surface area contributed by atoms with E-state index in [4.69, 9.17) is 5.73 Å². The van der Waals surface area contributed by atoms with Crippen LogP contribution >= 0.6 is 11.3 Å². The molecule has 3 aromatic rings. The lowest BCUT2D eigenvalue weighted by Gasteiger charge is -2.06. The minimum Gasteiger partial charge on any atom is -0.398 e. The van der Waals surface area contributed by atoms with Gasteiger partial charge in [-0.05, 0) is 30.3 Å². The Bertz CT molecular complexity index is 783. The van der Waals surface area contributed by atoms with Crippen molar-refractivity contribution in [2.24, 2.45) is 0 Å². The Balaban J connectivity index is 1.73. The topological polar surface area (TPSA) is 68.0 Å². The molecule has 0 bridgehead atoms. The van der Waals surface area contributed by atoms with Gasteiger partial charge in [0.25, 0.3) is 5.91 Å². The van der Waals surface area contributed by atoms with Crippen LogP contribution in [0.1, 0.15) is 15.4 Å². The van der Waals surface area contributed by atoms with Crippen molar-refractivity contribution in [1.82, 2.24) is 10.3 Å². The van der Waals surface area contributed by atoms with E-state index in [1.165, 1.54) is 23.5 Å². The van der Waals surface area contributed by atoms with Gasteiger partial charge in [-0.15, -0.1) is 11.3 Å². The largest absolute Gasteiger partial charge is 0.398 e. The molecule has 3 N–H and O–H groups in total. The van der Waals surface area contributed by atoms with E-state index >= 15 is 0 Å². The summed E-state index contributed by atoms with van der Waals surface area (Å²) in [5.41, 5.74) is 6.93. The van der Waals surface area contributed by atoms with Crippen molar-refractivity contribution in [1.29, 1.82) is 0 Å². The first-order valence-corrected chi connectivity index (χ1v) is 7.13. The first-order valence-electron chi connectivity index (χ1n) is 6.31. The number of halogens is 1. The highest BCUT2D eigenvalue weighted by molar-refractivity contribution is 7.18. The molecular formula is C15H12FN3OS. The average Bonchev–Trinajstić information content (AvgIpc) is 2.87. The predicted molar refractivity (Wildman–Crippen MR) is 81.6 cm³/mol. The van der Waals surface area contributed by atoms with E-state index < -0.39 is 5.82 Å². The van der Waals surface area contributed by atoms with Crippen molar-refractivity contribution in [3.63, 3.8) is 0 Å². The molecular weight excluding hydrogens is 289 g/mol. The summed E-state index contributed by atoms with van der Waals surface area (Å²) >= 11 is 1.52. The summed E-state index contributed by atoms with van der Waals surface area (Å²) in [7, 11) is 0. The molecule has 2 aromatic carbocycles. The van der Waals surface area contributed by atoms with E-state index in [1.54, 1.807) is 0 Å². The molecule has 1 amide bonds. The van der Waals surface area contributed by atoms with Gasteiger partial charge in [0, 0.05) is 5.69 Å². The van der Waals surface area contributed by atoms with Crippen LogP contribution in [0.2, 0.25) is 0 Å². The second kappa shape index (κ2) is 5.49. The van der Waals surface area contributed by atoms with Gasteiger partial charge in [0.2, 0.25) is 0 Å². The number of nitrogen functional groups attached to an aromatic ring is 1. The molecule has 0 unspecified atom stereocenters. The molecule has 3 rings (SSSR count). The molecule has 0 atom stereocenters. The van der Waals surface area contributed by atoms with Gasteiger partial charge in [0.05, 0.1) is 22.3 Å². The second-order valence-electron chi connectivity index (χ2n) is 4.49. The fourth-order valence-corrected chi connectivity index (χ4v) is 2.89. The monoisotopic (exact) mass is 301 g/mol. The molecule has 0 aliphatic rings. The number of thiazole rings is 1. The highest BCUT2D eigenvalue weighted by atomic mass is 32.1. The van der Waals surface area contributed by atoms with Crippen molar-refractivity contribution in [3.8, 4) is 0 Å². The zero-order valence-electron chi connectivity index (χ0n) is 11.0. The van der Waals surface area contributed by atoms with Gasteiger partial charge in [-0.1, -0.05) is 12.1 Å². The molecule has 21 heavy (non-hydrogen) atoms. The number of hydrogen-bond donors (Lipinski definition) is 2. The summed E-state index contributed by atoms with van der Waals surface area (Å²) < 4.78 is 14.0. The number of rotatable bonds is 3. The highest BCUT2D eigenvalue weighted by Gasteiger charge is 2.11. The zero-order valence-corrected chi connectivity index (χ0v) is 11.8. The fraction of sp³-hybridized carbons (Fsp3) is 0.0667. The number of nitrogens with one attached hydrogen (secondary N) is 1. The third-order valence-corrected chi connectivity index (χ3v) is 4.03. The third kappa shape index (κ3) is 2.85. The number of nitrogens with zero attached hydrogens (tertiary/aromatic N) is 1. The molecule has 0 saturated heterocycles. The van der Waals surface area contributed by atoms with Crippen LogP contribution in [0, 0.1) is 5.82 Å². The van der Waals surface area contributed by atoms with E-state index in [1.807, 2.05) is 24.3 Å². The summed E-state index contributed by atoms with van der Waals surface area (Å²) in [5, 5.41) is 3.55. The molecule has 4 nitrogen and oxygen atoms in total. The second-order valence-corrected chi connectivity index (χ2v) is 5.60. The van der Waals surface area contributed by atoms with Gasteiger partial charge in [-0.2, -0.15) is 0 Å². The molecule has 106 valence electrons. The van der Waals surface area contributed by atoms with Crippen molar-refractivity contribution in [2.45, 2.75) is 6.54 Å². The van der Waals surface area contributed by atoms with Crippen LogP contribution in [0.15, 0.2) is 42.5 Å². The lowest BCUT2D eigenvalue weighted by Crippen LogP contribution is -2.23. The van der Waals surface area contributed by atoms with E-state index in [-0.39, 0.29) is 17.2 Å². The van der Waals surface area contributed by atoms with Crippen molar-refractivity contribution >= 4 is 33.1 Å². The first-order chi connectivity index (χ1) is 10.1. The molecule has 0 saturated carbocycles. The normalized spacial score (nSPS) is 10.7. The Morgan fingerprint density at radius 1 is 1.29 bits per heavy atom. The molecule has 0 aliphatic heterocycles. The number of fused-ring (bicyclic) bond motifs is 1. The Morgan fingerprint density at radius 3 is 2.86 bits per heavy atom. The van der Waals surface area contributed by atoms with Gasteiger partial charge in [0.15, 0.2) is 0 Å². The fourth-order valence-electron chi connectivity index (χ4n) is 1.99. The van der Waals surface area contributed by atoms with Gasteiger partial charge >= 0.3 is 0 Å². The maximum absolute atomic E-state index is 13.0. The Morgan fingerprint density at radius 2 is 2.10 bits per heavy atom. The summed E-state index contributed by atoms with van der Waals surface area (Å²) in [6.07, 6.45) is 0. The van der Waals surface area contributed by atoms with E-state index in [2.05, 4.69) is 10.3 Å². The van der Waals surface area contributed by atoms with Crippen LogP contribution in [0.3, 0.4) is 0 Å². The van der Waals surface area contributed by atoms with Crippen LogP contribution in [0.5, 0.6) is 0 Å². The predicted octanol–water partition coefficient (Wildman–Crippen LogP) is 2.95.